The van der Waals surface area contributed by atoms with Gasteiger partial charge in [-0.15, -0.1) is 0 Å². The summed E-state index contributed by atoms with van der Waals surface area (Å²) in [7, 11) is 0. The summed E-state index contributed by atoms with van der Waals surface area (Å²) in [4.78, 5) is 20.4. The van der Waals surface area contributed by atoms with Gasteiger partial charge in [-0.2, -0.15) is 0 Å². The van der Waals surface area contributed by atoms with Gasteiger partial charge in [0.25, 0.3) is 0 Å². The quantitative estimate of drug-likeness (QED) is 0.119. The summed E-state index contributed by atoms with van der Waals surface area (Å²) >= 11 is 0. The van der Waals surface area contributed by atoms with E-state index in [4.69, 9.17) is 15.3 Å². The van der Waals surface area contributed by atoms with Gasteiger partial charge in [-0.1, -0.05) is 175 Å². The second kappa shape index (κ2) is 29.8. The van der Waals surface area contributed by atoms with Gasteiger partial charge < -0.3 is 15.3 Å². The third-order valence-corrected chi connectivity index (χ3v) is 10.0. The van der Waals surface area contributed by atoms with Crippen molar-refractivity contribution in [3.63, 3.8) is 0 Å². The van der Waals surface area contributed by atoms with Crippen LogP contribution in [0.25, 0.3) is 0 Å². The van der Waals surface area contributed by atoms with Gasteiger partial charge in [0.2, 0.25) is 0 Å². The molecule has 0 bridgehead atoms. The van der Waals surface area contributed by atoms with E-state index >= 15 is 0 Å². The highest BCUT2D eigenvalue weighted by Gasteiger charge is 2.13. The summed E-state index contributed by atoms with van der Waals surface area (Å²) in [6.07, 6.45) is 17.1. The zero-order valence-electron chi connectivity index (χ0n) is 36.3. The van der Waals surface area contributed by atoms with Crippen molar-refractivity contribution in [3.05, 3.63) is 93.5 Å². The molecule has 3 atom stereocenters. The molecule has 312 valence electrons. The molecule has 0 aliphatic rings. The van der Waals surface area contributed by atoms with Crippen molar-refractivity contribution in [2.24, 2.45) is 29.1 Å². The van der Waals surface area contributed by atoms with Gasteiger partial charge in [-0.25, -0.2) is 0 Å². The van der Waals surface area contributed by atoms with Gasteiger partial charge in [0.1, 0.15) is 17.8 Å². The average Bonchev–Trinajstić information content (AvgIpc) is 3.08. The van der Waals surface area contributed by atoms with E-state index in [9.17, 15) is 9.59 Å². The third-order valence-electron chi connectivity index (χ3n) is 10.0. The molecule has 5 heteroatoms. The van der Waals surface area contributed by atoms with Gasteiger partial charge in [0.15, 0.2) is 6.29 Å². The first-order valence-corrected chi connectivity index (χ1v) is 20.5. The van der Waals surface area contributed by atoms with E-state index < -0.39 is 0 Å². The van der Waals surface area contributed by atoms with Crippen LogP contribution in [0.15, 0.2) is 54.6 Å². The van der Waals surface area contributed by atoms with Gasteiger partial charge in [-0.05, 0) is 92.0 Å². The van der Waals surface area contributed by atoms with Crippen molar-refractivity contribution in [3.8, 4) is 11.5 Å². The molecule has 0 aliphatic carbocycles. The molecule has 3 rings (SSSR count). The van der Waals surface area contributed by atoms with Crippen LogP contribution in [0, 0.1) is 56.8 Å². The smallest absolute Gasteiger partial charge is 0.153 e. The molecule has 0 spiro atoms. The van der Waals surface area contributed by atoms with E-state index in [1.54, 1.807) is 0 Å². The van der Waals surface area contributed by atoms with Gasteiger partial charge >= 0.3 is 0 Å². The van der Waals surface area contributed by atoms with Crippen LogP contribution in [-0.4, -0.2) is 27.9 Å². The molecule has 5 nitrogen and oxygen atoms in total. The molecule has 3 N–H and O–H groups in total. The number of phenolic OH excluding ortho intramolecular Hbond substituents is 2. The number of carbonyl (C=O) groups excluding carboxylic acids is 2. The molecule has 0 saturated carbocycles. The molecule has 0 amide bonds. The Labute approximate surface area is 338 Å². The van der Waals surface area contributed by atoms with Crippen molar-refractivity contribution >= 4 is 12.6 Å². The maximum atomic E-state index is 10.3. The summed E-state index contributed by atoms with van der Waals surface area (Å²) in [5.41, 5.74) is 7.15. The normalized spacial score (nSPS) is 12.3. The SMILES string of the molecule is C.CC(C)CCCC(C)CCCC(C)CCCC(C)CCC(C)(C)C.Cc1ccc(C=O)c(C)c1.Cc1ccc(CO)c(C)c1.O=Cc1ccc(O)cc1O. The molecule has 0 heterocycles. The Bertz CT molecular complexity index is 1400. The minimum absolute atomic E-state index is 0. The van der Waals surface area contributed by atoms with Crippen LogP contribution in [0.1, 0.15) is 182 Å². The van der Waals surface area contributed by atoms with Gasteiger partial charge in [-0.3, -0.25) is 9.59 Å². The number of carbonyl (C=O) groups is 2. The van der Waals surface area contributed by atoms with Crippen molar-refractivity contribution < 1.29 is 24.9 Å². The molecule has 0 aliphatic heterocycles. The molecular formula is C50H82O5. The predicted octanol–water partition coefficient (Wildman–Crippen LogP) is 14.3. The Kier molecular flexibility index (Phi) is 29.1. The lowest BCUT2D eigenvalue weighted by atomic mass is 9.85. The Balaban J connectivity index is 0. The van der Waals surface area contributed by atoms with Crippen molar-refractivity contribution in [1.82, 2.24) is 0 Å². The Morgan fingerprint density at radius 2 is 1.02 bits per heavy atom. The molecule has 3 unspecified atom stereocenters. The van der Waals surface area contributed by atoms with E-state index in [0.29, 0.717) is 11.7 Å². The molecule has 55 heavy (non-hydrogen) atoms. The second-order valence-corrected chi connectivity index (χ2v) is 17.5. The summed E-state index contributed by atoms with van der Waals surface area (Å²) < 4.78 is 0. The highest BCUT2D eigenvalue weighted by Crippen LogP contribution is 2.27. The number of phenols is 2. The maximum absolute atomic E-state index is 10.3. The summed E-state index contributed by atoms with van der Waals surface area (Å²) in [6.45, 7) is 27.3. The zero-order chi connectivity index (χ0) is 41.3. The molecule has 3 aromatic carbocycles. The van der Waals surface area contributed by atoms with Crippen LogP contribution >= 0.6 is 0 Å². The Morgan fingerprint density at radius 1 is 0.582 bits per heavy atom. The summed E-state index contributed by atoms with van der Waals surface area (Å²) in [6, 6.07) is 15.6. The first-order valence-electron chi connectivity index (χ1n) is 20.5. The van der Waals surface area contributed by atoms with Crippen LogP contribution in [0.4, 0.5) is 0 Å². The fourth-order valence-electron chi connectivity index (χ4n) is 6.23. The van der Waals surface area contributed by atoms with Crippen molar-refractivity contribution in [2.75, 3.05) is 0 Å². The molecule has 0 saturated heterocycles. The van der Waals surface area contributed by atoms with E-state index in [2.05, 4.69) is 61.5 Å². The van der Waals surface area contributed by atoms with Crippen LogP contribution in [0.3, 0.4) is 0 Å². The van der Waals surface area contributed by atoms with Crippen molar-refractivity contribution in [1.29, 1.82) is 0 Å². The number of aldehydes is 2. The van der Waals surface area contributed by atoms with Gasteiger partial charge in [0, 0.05) is 11.6 Å². The number of aromatic hydroxyl groups is 2. The summed E-state index contributed by atoms with van der Waals surface area (Å²) in [5.74, 6) is 3.41. The minimum atomic E-state index is -0.199. The number of aryl methyl sites for hydroxylation is 4. The molecule has 0 radical (unpaired) electrons. The molecule has 0 fully saturated rings. The number of aliphatic hydroxyl groups is 1. The van der Waals surface area contributed by atoms with Crippen LogP contribution in [0.5, 0.6) is 11.5 Å². The number of benzene rings is 3. The Hall–Kier alpha value is -3.44. The molecular weight excluding hydrogens is 681 g/mol. The lowest BCUT2D eigenvalue weighted by Gasteiger charge is -2.21. The fourth-order valence-corrected chi connectivity index (χ4v) is 6.23. The van der Waals surface area contributed by atoms with E-state index in [1.165, 1.54) is 99.5 Å². The summed E-state index contributed by atoms with van der Waals surface area (Å²) in [5, 5.41) is 26.5. The zero-order valence-corrected chi connectivity index (χ0v) is 36.3. The standard InChI is InChI=1S/C24H50.C9H12O.C9H10O.C7H6O3.CH4/c1-20(2)12-9-13-21(3)14-10-15-22(4)16-11-17-23(5)18-19-24(6,7)8;2*1-7-3-4-9(6-10)8(2)5-7;8-4-5-1-2-6(9)3-7(5)10;/h20-23H,9-19H2,1-8H3;3-5,10H,6H2,1-2H3;3-6H,1-2H3;1-4,9-10H;1H4. The average molecular weight is 763 g/mol. The fraction of sp³-hybridized carbons (Fsp3) is 0.600. The number of hydrogen-bond donors (Lipinski definition) is 3. The van der Waals surface area contributed by atoms with Crippen molar-refractivity contribution in [2.45, 2.75) is 168 Å². The predicted molar refractivity (Wildman–Crippen MR) is 238 cm³/mol. The highest BCUT2D eigenvalue weighted by atomic mass is 16.3. The molecule has 3 aromatic rings. The first kappa shape index (κ1) is 53.7. The van der Waals surface area contributed by atoms with E-state index in [-0.39, 0.29) is 31.1 Å². The Morgan fingerprint density at radius 3 is 1.42 bits per heavy atom. The lowest BCUT2D eigenvalue weighted by Crippen LogP contribution is -2.08. The largest absolute Gasteiger partial charge is 0.508 e. The van der Waals surface area contributed by atoms with Crippen LogP contribution in [-0.2, 0) is 6.61 Å². The first-order chi connectivity index (χ1) is 25.3. The third kappa shape index (κ3) is 27.7. The van der Waals surface area contributed by atoms with E-state index in [1.807, 2.05) is 58.0 Å². The monoisotopic (exact) mass is 763 g/mol. The maximum Gasteiger partial charge on any atom is 0.153 e. The van der Waals surface area contributed by atoms with Crippen LogP contribution in [0.2, 0.25) is 0 Å². The van der Waals surface area contributed by atoms with Crippen LogP contribution < -0.4 is 0 Å². The highest BCUT2D eigenvalue weighted by molar-refractivity contribution is 5.79. The lowest BCUT2D eigenvalue weighted by molar-refractivity contribution is 0.111. The number of aliphatic hydroxyl groups excluding tert-OH is 1. The number of rotatable bonds is 17. The topological polar surface area (TPSA) is 94.8 Å². The molecule has 0 aromatic heterocycles. The van der Waals surface area contributed by atoms with E-state index in [0.717, 1.165) is 52.7 Å². The van der Waals surface area contributed by atoms with Gasteiger partial charge in [0.05, 0.1) is 12.2 Å². The second-order valence-electron chi connectivity index (χ2n) is 17.5. The number of hydrogen-bond acceptors (Lipinski definition) is 5. The minimum Gasteiger partial charge on any atom is -0.508 e.